The summed E-state index contributed by atoms with van der Waals surface area (Å²) in [5, 5.41) is 1.69. The number of rotatable bonds is 9. The molecule has 282 valence electrons. The molecular weight excluding hydrogens is 657 g/mol. The quantitative estimate of drug-likeness (QED) is 0.144. The monoisotopic (exact) mass is 727 g/mol. The lowest BCUT2D eigenvalue weighted by molar-refractivity contribution is -0.116. The molecule has 1 aromatic carbocycles. The van der Waals surface area contributed by atoms with Crippen LogP contribution >= 0.6 is 23.2 Å². The summed E-state index contributed by atoms with van der Waals surface area (Å²) in [5.41, 5.74) is 6.94. The Kier molecular flexibility index (Phi) is 21.0. The maximum atomic E-state index is 9.81. The molecule has 5 heteroatoms. The molecule has 2 aliphatic rings. The number of Topliss-reactive ketones (excluding diaryl/α,β-unsaturated/α-hetero) is 1. The second kappa shape index (κ2) is 22.0. The minimum Gasteiger partial charge on any atom is -0.304 e. The summed E-state index contributed by atoms with van der Waals surface area (Å²) in [6.45, 7) is 35.0. The smallest absolute Gasteiger partial charge is 0.129 e. The number of hydrogen-bond acceptors (Lipinski definition) is 3. The number of nitrogens with zero attached hydrogens (tertiary/aromatic N) is 1. The predicted octanol–water partition coefficient (Wildman–Crippen LogP) is 14.6. The van der Waals surface area contributed by atoms with E-state index in [9.17, 15) is 4.79 Å². The van der Waals surface area contributed by atoms with Gasteiger partial charge in [-0.3, -0.25) is 4.99 Å². The SMILES string of the molecule is CC(C)C.CC=O.CCC(=NC(c1ccc(Cl)cc1)C(C)C1=CC=C(Cl)CC1)C1(C)C=CC(C)(C(C)(C)C)C(C(C)C)=C1CC.CCC(C)=O. The average molecular weight is 729 g/mol. The van der Waals surface area contributed by atoms with Gasteiger partial charge in [-0.05, 0) is 87.5 Å². The van der Waals surface area contributed by atoms with Crippen molar-refractivity contribution < 1.29 is 9.59 Å². The summed E-state index contributed by atoms with van der Waals surface area (Å²) < 4.78 is 0. The number of halogens is 2. The fourth-order valence-corrected chi connectivity index (χ4v) is 6.94. The second-order valence-corrected chi connectivity index (χ2v) is 16.9. The topological polar surface area (TPSA) is 46.5 Å². The Morgan fingerprint density at radius 2 is 1.40 bits per heavy atom. The summed E-state index contributed by atoms with van der Waals surface area (Å²) in [6, 6.07) is 8.31. The molecule has 0 aliphatic heterocycles. The van der Waals surface area contributed by atoms with Crippen molar-refractivity contribution in [3.8, 4) is 0 Å². The van der Waals surface area contributed by atoms with Crippen molar-refractivity contribution >= 4 is 41.0 Å². The van der Waals surface area contributed by atoms with Gasteiger partial charge in [0.25, 0.3) is 0 Å². The van der Waals surface area contributed by atoms with Gasteiger partial charge < -0.3 is 9.59 Å². The van der Waals surface area contributed by atoms with Crippen LogP contribution in [0.5, 0.6) is 0 Å². The van der Waals surface area contributed by atoms with Crippen LogP contribution < -0.4 is 0 Å². The summed E-state index contributed by atoms with van der Waals surface area (Å²) in [5.74, 6) is 1.81. The number of hydrogen-bond donors (Lipinski definition) is 0. The number of carbonyl (C=O) groups is 2. The van der Waals surface area contributed by atoms with Gasteiger partial charge in [-0.15, -0.1) is 0 Å². The Hall–Kier alpha value is -2.23. The Bertz CT molecular complexity index is 1370. The molecule has 50 heavy (non-hydrogen) atoms. The Labute approximate surface area is 318 Å². The van der Waals surface area contributed by atoms with Crippen molar-refractivity contribution in [3.63, 3.8) is 0 Å². The summed E-state index contributed by atoms with van der Waals surface area (Å²) >= 11 is 12.6. The van der Waals surface area contributed by atoms with Crippen LogP contribution in [0.3, 0.4) is 0 Å². The van der Waals surface area contributed by atoms with Crippen molar-refractivity contribution in [3.05, 3.63) is 80.9 Å². The van der Waals surface area contributed by atoms with Gasteiger partial charge in [0.2, 0.25) is 0 Å². The standard InChI is InChI=1S/C35H49Cl2N.C4H8O.C4H10.C2H4O/c1-11-29-31(23(3)4)35(10,33(6,7)8)22-21-34(29,9)30(12-2)38-32(26-15-19-28(37)20-16-26)24(5)25-13-17-27(36)18-14-25;1-3-4(2)5;1-4(2)3;1-2-3/h13,15-17,19-24,32H,11-12,14,18H2,1-10H3;3H2,1-2H3;4H,1-3H3;2H,1H3. The molecule has 0 aromatic heterocycles. The van der Waals surface area contributed by atoms with Crippen LogP contribution in [0.15, 0.2) is 75.3 Å². The van der Waals surface area contributed by atoms with Crippen LogP contribution in [-0.4, -0.2) is 17.8 Å². The van der Waals surface area contributed by atoms with Crippen LogP contribution in [0.4, 0.5) is 0 Å². The van der Waals surface area contributed by atoms with Crippen molar-refractivity contribution in [2.24, 2.45) is 39.0 Å². The van der Waals surface area contributed by atoms with Crippen LogP contribution in [0.1, 0.15) is 154 Å². The molecule has 2 aliphatic carbocycles. The summed E-state index contributed by atoms with van der Waals surface area (Å²) in [7, 11) is 0. The number of carbonyl (C=O) groups excluding carboxylic acids is 2. The molecule has 4 atom stereocenters. The molecule has 0 saturated heterocycles. The Morgan fingerprint density at radius 1 is 0.900 bits per heavy atom. The van der Waals surface area contributed by atoms with Crippen LogP contribution in [0, 0.1) is 34.0 Å². The van der Waals surface area contributed by atoms with E-state index < -0.39 is 0 Å². The van der Waals surface area contributed by atoms with E-state index in [1.54, 1.807) is 18.1 Å². The molecule has 0 bridgehead atoms. The molecule has 4 unspecified atom stereocenters. The number of ketones is 1. The van der Waals surface area contributed by atoms with Gasteiger partial charge in [0, 0.05) is 38.9 Å². The van der Waals surface area contributed by atoms with E-state index in [1.807, 2.05) is 19.1 Å². The molecule has 0 spiro atoms. The van der Waals surface area contributed by atoms with Gasteiger partial charge in [-0.1, -0.05) is 160 Å². The molecule has 0 radical (unpaired) electrons. The lowest BCUT2D eigenvalue weighted by Gasteiger charge is -2.51. The van der Waals surface area contributed by atoms with Gasteiger partial charge in [0.15, 0.2) is 0 Å². The molecule has 3 nitrogen and oxygen atoms in total. The van der Waals surface area contributed by atoms with Crippen molar-refractivity contribution in [1.29, 1.82) is 0 Å². The second-order valence-electron chi connectivity index (χ2n) is 16.0. The molecule has 3 rings (SSSR count). The van der Waals surface area contributed by atoms with Crippen LogP contribution in [-0.2, 0) is 9.59 Å². The van der Waals surface area contributed by atoms with E-state index in [0.29, 0.717) is 12.3 Å². The van der Waals surface area contributed by atoms with Gasteiger partial charge >= 0.3 is 0 Å². The minimum absolute atomic E-state index is 0.00621. The third-order valence-electron chi connectivity index (χ3n) is 9.88. The van der Waals surface area contributed by atoms with E-state index in [-0.39, 0.29) is 34.0 Å². The van der Waals surface area contributed by atoms with Gasteiger partial charge in [-0.2, -0.15) is 0 Å². The highest BCUT2D eigenvalue weighted by atomic mass is 35.5. The zero-order valence-electron chi connectivity index (χ0n) is 34.6. The number of aliphatic imine (C=N–C) groups is 1. The highest BCUT2D eigenvalue weighted by Gasteiger charge is 2.47. The maximum Gasteiger partial charge on any atom is 0.129 e. The molecular formula is C45H71Cl2NO2. The Morgan fingerprint density at radius 3 is 1.76 bits per heavy atom. The zero-order chi connectivity index (χ0) is 39.0. The fraction of sp³-hybridized carbons (Fsp3) is 0.622. The minimum atomic E-state index is -0.206. The highest BCUT2D eigenvalue weighted by Crippen LogP contribution is 2.56. The van der Waals surface area contributed by atoms with Crippen LogP contribution in [0.2, 0.25) is 5.02 Å². The van der Waals surface area contributed by atoms with E-state index in [0.717, 1.165) is 47.9 Å². The lowest BCUT2D eigenvalue weighted by atomic mass is 9.54. The molecule has 0 saturated carbocycles. The van der Waals surface area contributed by atoms with E-state index in [4.69, 9.17) is 33.0 Å². The molecule has 0 fully saturated rings. The van der Waals surface area contributed by atoms with Gasteiger partial charge in [0.1, 0.15) is 12.1 Å². The van der Waals surface area contributed by atoms with Crippen molar-refractivity contribution in [2.75, 3.05) is 0 Å². The van der Waals surface area contributed by atoms with E-state index in [2.05, 4.69) is 126 Å². The normalized spacial score (nSPS) is 21.8. The average Bonchev–Trinajstić information content (AvgIpc) is 3.03. The highest BCUT2D eigenvalue weighted by molar-refractivity contribution is 6.30. The third kappa shape index (κ3) is 13.7. The molecule has 1 aromatic rings. The maximum absolute atomic E-state index is 9.81. The fourth-order valence-electron chi connectivity index (χ4n) is 6.65. The molecule has 0 N–H and O–H groups in total. The van der Waals surface area contributed by atoms with Crippen LogP contribution in [0.25, 0.3) is 0 Å². The van der Waals surface area contributed by atoms with E-state index in [1.165, 1.54) is 23.8 Å². The largest absolute Gasteiger partial charge is 0.304 e. The molecule has 0 amide bonds. The first-order valence-electron chi connectivity index (χ1n) is 18.8. The van der Waals surface area contributed by atoms with E-state index >= 15 is 0 Å². The first-order chi connectivity index (χ1) is 23.1. The molecule has 0 heterocycles. The van der Waals surface area contributed by atoms with Crippen molar-refractivity contribution in [1.82, 2.24) is 0 Å². The third-order valence-corrected chi connectivity index (χ3v) is 10.4. The van der Waals surface area contributed by atoms with Gasteiger partial charge in [-0.25, -0.2) is 0 Å². The predicted molar refractivity (Wildman–Crippen MR) is 223 cm³/mol. The summed E-state index contributed by atoms with van der Waals surface area (Å²) in [4.78, 5) is 24.3. The summed E-state index contributed by atoms with van der Waals surface area (Å²) in [6.07, 6.45) is 14.5. The Balaban J connectivity index is 0.00000173. The number of benzene rings is 1. The zero-order valence-corrected chi connectivity index (χ0v) is 36.1. The number of aldehydes is 1. The first-order valence-corrected chi connectivity index (χ1v) is 19.6. The van der Waals surface area contributed by atoms with Gasteiger partial charge in [0.05, 0.1) is 6.04 Å². The van der Waals surface area contributed by atoms with Crippen molar-refractivity contribution in [2.45, 2.75) is 149 Å². The number of allylic oxidation sites excluding steroid dienone is 7. The lowest BCUT2D eigenvalue weighted by Crippen LogP contribution is -2.42. The first kappa shape index (κ1) is 47.8.